The minimum absolute atomic E-state index is 0.0163. The number of benzene rings is 2. The molecule has 134 valence electrons. The van der Waals surface area contributed by atoms with Gasteiger partial charge >= 0.3 is 0 Å². The Morgan fingerprint density at radius 2 is 1.67 bits per heavy atom. The first kappa shape index (κ1) is 15.2. The minimum Gasteiger partial charge on any atom is -0.357 e. The molecule has 2 heterocycles. The van der Waals surface area contributed by atoms with Gasteiger partial charge in [0.1, 0.15) is 0 Å². The number of para-hydroxylation sites is 2. The average molecular weight is 356 g/mol. The van der Waals surface area contributed by atoms with Crippen LogP contribution >= 0.6 is 0 Å². The van der Waals surface area contributed by atoms with Crippen LogP contribution in [0.25, 0.3) is 10.9 Å². The zero-order chi connectivity index (χ0) is 18.1. The second-order valence-corrected chi connectivity index (χ2v) is 8.05. The van der Waals surface area contributed by atoms with E-state index in [-0.39, 0.29) is 29.6 Å². The number of imide groups is 1. The summed E-state index contributed by atoms with van der Waals surface area (Å²) >= 11 is 0. The normalized spacial score (nSPS) is 29.1. The van der Waals surface area contributed by atoms with Crippen LogP contribution in [0.2, 0.25) is 0 Å². The van der Waals surface area contributed by atoms with Crippen molar-refractivity contribution < 1.29 is 9.59 Å². The number of amides is 2. The number of carbonyl (C=O) groups excluding carboxylic acids is 2. The Morgan fingerprint density at radius 3 is 2.52 bits per heavy atom. The molecule has 4 heteroatoms. The number of nitrogens with zero attached hydrogens (tertiary/aromatic N) is 1. The Morgan fingerprint density at radius 1 is 0.889 bits per heavy atom. The Kier molecular flexibility index (Phi) is 2.99. The first-order valence-electron chi connectivity index (χ1n) is 9.79. The van der Waals surface area contributed by atoms with Crippen LogP contribution in [0.3, 0.4) is 0 Å². The molecule has 4 nitrogen and oxygen atoms in total. The summed E-state index contributed by atoms with van der Waals surface area (Å²) in [5, 5.41) is 1.22. The summed E-state index contributed by atoms with van der Waals surface area (Å²) in [4.78, 5) is 31.8. The van der Waals surface area contributed by atoms with E-state index < -0.39 is 0 Å². The number of hydrogen-bond acceptors (Lipinski definition) is 2. The maximum atomic E-state index is 13.5. The van der Waals surface area contributed by atoms with Gasteiger partial charge < -0.3 is 4.98 Å². The van der Waals surface area contributed by atoms with Gasteiger partial charge in [-0.3, -0.25) is 9.59 Å². The highest BCUT2D eigenvalue weighted by molar-refractivity contribution is 6.24. The molecule has 2 aliphatic carbocycles. The van der Waals surface area contributed by atoms with Crippen molar-refractivity contribution in [2.45, 2.75) is 31.1 Å². The van der Waals surface area contributed by atoms with Gasteiger partial charge in [-0.2, -0.15) is 0 Å². The van der Waals surface area contributed by atoms with Crippen molar-refractivity contribution in [1.82, 2.24) is 4.98 Å². The molecule has 0 unspecified atom stereocenters. The number of nitrogens with one attached hydrogen (secondary N) is 1. The highest BCUT2D eigenvalue weighted by Gasteiger charge is 2.59. The molecule has 27 heavy (non-hydrogen) atoms. The maximum Gasteiger partial charge on any atom is 0.243 e. The van der Waals surface area contributed by atoms with E-state index >= 15 is 0 Å². The lowest BCUT2D eigenvalue weighted by Gasteiger charge is -2.33. The molecule has 1 aromatic heterocycles. The van der Waals surface area contributed by atoms with Crippen LogP contribution < -0.4 is 4.90 Å². The van der Waals surface area contributed by atoms with E-state index in [0.29, 0.717) is 11.6 Å². The van der Waals surface area contributed by atoms with Crippen LogP contribution in [-0.2, 0) is 9.59 Å². The van der Waals surface area contributed by atoms with Crippen LogP contribution in [0.5, 0.6) is 0 Å². The minimum atomic E-state index is -0.376. The second-order valence-electron chi connectivity index (χ2n) is 8.05. The van der Waals surface area contributed by atoms with Gasteiger partial charge in [0.2, 0.25) is 11.8 Å². The van der Waals surface area contributed by atoms with Gasteiger partial charge in [0.15, 0.2) is 0 Å². The fourth-order valence-corrected chi connectivity index (χ4v) is 5.86. The average Bonchev–Trinajstić information content (AvgIpc) is 3.37. The third kappa shape index (κ3) is 1.88. The lowest BCUT2D eigenvalue weighted by Crippen LogP contribution is -2.33. The van der Waals surface area contributed by atoms with Gasteiger partial charge in [-0.25, -0.2) is 4.90 Å². The standard InChI is InChI=1S/C23H20N2O2/c26-22-19-15-11-6-10-14(15)18-16-9-4-5-12-17(16)24-21(18)20(19)23(27)25(22)13-7-2-1-3-8-13/h1-5,7-9,12,14-15,19-20,24H,6,10-11H2/t14-,15+,19+,20-/m1/s1. The first-order chi connectivity index (χ1) is 13.3. The molecule has 1 aliphatic heterocycles. The molecule has 3 aliphatic rings. The summed E-state index contributed by atoms with van der Waals surface area (Å²) < 4.78 is 0. The van der Waals surface area contributed by atoms with Crippen molar-refractivity contribution >= 4 is 28.4 Å². The van der Waals surface area contributed by atoms with Gasteiger partial charge in [0.05, 0.1) is 17.5 Å². The zero-order valence-corrected chi connectivity index (χ0v) is 14.9. The Labute approximate surface area is 157 Å². The zero-order valence-electron chi connectivity index (χ0n) is 14.9. The van der Waals surface area contributed by atoms with Crippen molar-refractivity contribution in [3.63, 3.8) is 0 Å². The summed E-state index contributed by atoms with van der Waals surface area (Å²) in [5.41, 5.74) is 4.05. The molecule has 0 spiro atoms. The highest BCUT2D eigenvalue weighted by atomic mass is 16.2. The number of aromatic amines is 1. The van der Waals surface area contributed by atoms with Crippen molar-refractivity contribution in [2.75, 3.05) is 4.90 Å². The third-order valence-electron chi connectivity index (χ3n) is 6.85. The van der Waals surface area contributed by atoms with Crippen LogP contribution in [0, 0.1) is 11.8 Å². The Bertz CT molecular complexity index is 1080. The molecule has 4 atom stereocenters. The lowest BCUT2D eigenvalue weighted by atomic mass is 9.67. The molecule has 2 aromatic carbocycles. The molecule has 1 saturated heterocycles. The summed E-state index contributed by atoms with van der Waals surface area (Å²) in [5.74, 6) is -0.0475. The molecule has 3 aromatic rings. The summed E-state index contributed by atoms with van der Waals surface area (Å²) in [6.07, 6.45) is 3.27. The van der Waals surface area contributed by atoms with Crippen molar-refractivity contribution in [3.05, 3.63) is 65.9 Å². The SMILES string of the molecule is O=C1[C@H]2[C@H]3CCC[C@H]3c3c([nH]c4ccccc34)[C@@H]2C(=O)N1c1ccccc1. The number of hydrogen-bond donors (Lipinski definition) is 1. The predicted molar refractivity (Wildman–Crippen MR) is 104 cm³/mol. The summed E-state index contributed by atoms with van der Waals surface area (Å²) in [6.45, 7) is 0. The summed E-state index contributed by atoms with van der Waals surface area (Å²) in [7, 11) is 0. The fourth-order valence-electron chi connectivity index (χ4n) is 5.86. The number of fused-ring (bicyclic) bond motifs is 8. The van der Waals surface area contributed by atoms with E-state index in [4.69, 9.17) is 0 Å². The summed E-state index contributed by atoms with van der Waals surface area (Å²) in [6, 6.07) is 17.7. The Hall–Kier alpha value is -2.88. The number of H-pyrrole nitrogens is 1. The van der Waals surface area contributed by atoms with Crippen LogP contribution in [-0.4, -0.2) is 16.8 Å². The molecule has 2 fully saturated rings. The van der Waals surface area contributed by atoms with E-state index in [9.17, 15) is 9.59 Å². The van der Waals surface area contributed by atoms with E-state index in [1.165, 1.54) is 15.8 Å². The highest BCUT2D eigenvalue weighted by Crippen LogP contribution is 2.58. The number of aromatic nitrogens is 1. The number of carbonyl (C=O) groups is 2. The first-order valence-corrected chi connectivity index (χ1v) is 9.79. The van der Waals surface area contributed by atoms with Crippen molar-refractivity contribution in [3.8, 4) is 0 Å². The van der Waals surface area contributed by atoms with Gasteiger partial charge in [-0.05, 0) is 48.4 Å². The van der Waals surface area contributed by atoms with Crippen LogP contribution in [0.15, 0.2) is 54.6 Å². The molecule has 0 radical (unpaired) electrons. The molecular formula is C23H20N2O2. The largest absolute Gasteiger partial charge is 0.357 e. The monoisotopic (exact) mass is 356 g/mol. The smallest absolute Gasteiger partial charge is 0.243 e. The van der Waals surface area contributed by atoms with Crippen molar-refractivity contribution in [1.29, 1.82) is 0 Å². The van der Waals surface area contributed by atoms with E-state index in [1.807, 2.05) is 36.4 Å². The van der Waals surface area contributed by atoms with Gasteiger partial charge in [-0.15, -0.1) is 0 Å². The number of anilines is 1. The number of rotatable bonds is 1. The molecule has 2 amide bonds. The molecule has 1 saturated carbocycles. The molecule has 1 N–H and O–H groups in total. The topological polar surface area (TPSA) is 53.2 Å². The van der Waals surface area contributed by atoms with Crippen LogP contribution in [0.4, 0.5) is 5.69 Å². The predicted octanol–water partition coefficient (Wildman–Crippen LogP) is 4.34. The quantitative estimate of drug-likeness (QED) is 0.660. The molecular weight excluding hydrogens is 336 g/mol. The molecule has 6 rings (SSSR count). The van der Waals surface area contributed by atoms with E-state index in [0.717, 1.165) is 30.5 Å². The van der Waals surface area contributed by atoms with Crippen molar-refractivity contribution in [2.24, 2.45) is 11.8 Å². The van der Waals surface area contributed by atoms with Gasteiger partial charge in [0.25, 0.3) is 0 Å². The Balaban J connectivity index is 1.58. The van der Waals surface area contributed by atoms with E-state index in [1.54, 1.807) is 0 Å². The van der Waals surface area contributed by atoms with Gasteiger partial charge in [-0.1, -0.05) is 42.8 Å². The third-order valence-corrected chi connectivity index (χ3v) is 6.85. The molecule has 0 bridgehead atoms. The van der Waals surface area contributed by atoms with E-state index in [2.05, 4.69) is 23.2 Å². The maximum absolute atomic E-state index is 13.5. The van der Waals surface area contributed by atoms with Crippen LogP contribution in [0.1, 0.15) is 42.4 Å². The lowest BCUT2D eigenvalue weighted by molar-refractivity contribution is -0.123. The fraction of sp³-hybridized carbons (Fsp3) is 0.304. The van der Waals surface area contributed by atoms with Gasteiger partial charge in [0, 0.05) is 16.6 Å². The second kappa shape index (κ2) is 5.32.